The standard InChI is InChI=1S/C16H30O2/c1-3-5-6-7-8-9-10-11-12-13-14-16(18)15(17)4-2/h3-4,15-18H,1-2,5-14H2/t15-,16-/m1/s1. The minimum absolute atomic E-state index is 0.638. The Morgan fingerprint density at radius 3 is 1.78 bits per heavy atom. The molecule has 0 fully saturated rings. The molecule has 106 valence electrons. The van der Waals surface area contributed by atoms with Gasteiger partial charge in [-0.2, -0.15) is 0 Å². The van der Waals surface area contributed by atoms with Crippen LogP contribution in [0.2, 0.25) is 0 Å². The summed E-state index contributed by atoms with van der Waals surface area (Å²) < 4.78 is 0. The van der Waals surface area contributed by atoms with Crippen molar-refractivity contribution in [3.63, 3.8) is 0 Å². The summed E-state index contributed by atoms with van der Waals surface area (Å²) in [4.78, 5) is 0. The van der Waals surface area contributed by atoms with Gasteiger partial charge in [-0.1, -0.05) is 57.1 Å². The van der Waals surface area contributed by atoms with Crippen LogP contribution < -0.4 is 0 Å². The molecule has 0 aliphatic carbocycles. The zero-order chi connectivity index (χ0) is 13.6. The van der Waals surface area contributed by atoms with Crippen LogP contribution in [0.25, 0.3) is 0 Å². The van der Waals surface area contributed by atoms with E-state index in [0.717, 1.165) is 19.3 Å². The Morgan fingerprint density at radius 2 is 1.28 bits per heavy atom. The smallest absolute Gasteiger partial charge is 0.0977 e. The van der Waals surface area contributed by atoms with E-state index in [1.54, 1.807) is 0 Å². The third kappa shape index (κ3) is 10.5. The molecular weight excluding hydrogens is 224 g/mol. The SMILES string of the molecule is C=CCCCCCCCCCC[C@@H](O)[C@H](O)C=C. The fourth-order valence-electron chi connectivity index (χ4n) is 2.03. The highest BCUT2D eigenvalue weighted by molar-refractivity contribution is 4.83. The van der Waals surface area contributed by atoms with Crippen molar-refractivity contribution in [1.82, 2.24) is 0 Å². The van der Waals surface area contributed by atoms with Crippen LogP contribution in [-0.2, 0) is 0 Å². The Morgan fingerprint density at radius 1 is 0.778 bits per heavy atom. The zero-order valence-electron chi connectivity index (χ0n) is 11.7. The summed E-state index contributed by atoms with van der Waals surface area (Å²) >= 11 is 0. The van der Waals surface area contributed by atoms with Crippen molar-refractivity contribution in [1.29, 1.82) is 0 Å². The second-order valence-corrected chi connectivity index (χ2v) is 4.99. The summed E-state index contributed by atoms with van der Waals surface area (Å²) in [7, 11) is 0. The van der Waals surface area contributed by atoms with Gasteiger partial charge in [-0.05, 0) is 19.3 Å². The van der Waals surface area contributed by atoms with Crippen molar-refractivity contribution in [2.24, 2.45) is 0 Å². The second kappa shape index (κ2) is 12.8. The number of hydrogen-bond donors (Lipinski definition) is 2. The molecule has 0 radical (unpaired) electrons. The number of aliphatic hydroxyl groups is 2. The van der Waals surface area contributed by atoms with Gasteiger partial charge in [0.25, 0.3) is 0 Å². The molecule has 2 nitrogen and oxygen atoms in total. The van der Waals surface area contributed by atoms with Gasteiger partial charge in [0.15, 0.2) is 0 Å². The molecule has 0 rings (SSSR count). The zero-order valence-corrected chi connectivity index (χ0v) is 11.7. The van der Waals surface area contributed by atoms with E-state index >= 15 is 0 Å². The molecule has 0 aromatic heterocycles. The normalized spacial score (nSPS) is 14.1. The van der Waals surface area contributed by atoms with Gasteiger partial charge in [0.1, 0.15) is 0 Å². The van der Waals surface area contributed by atoms with Crippen LogP contribution in [-0.4, -0.2) is 22.4 Å². The summed E-state index contributed by atoms with van der Waals surface area (Å²) in [6, 6.07) is 0. The summed E-state index contributed by atoms with van der Waals surface area (Å²) in [5.41, 5.74) is 0. The van der Waals surface area contributed by atoms with Gasteiger partial charge >= 0.3 is 0 Å². The molecule has 0 aromatic rings. The number of unbranched alkanes of at least 4 members (excludes halogenated alkanes) is 8. The topological polar surface area (TPSA) is 40.5 Å². The van der Waals surface area contributed by atoms with Crippen molar-refractivity contribution < 1.29 is 10.2 Å². The molecule has 18 heavy (non-hydrogen) atoms. The van der Waals surface area contributed by atoms with E-state index in [1.807, 2.05) is 6.08 Å². The van der Waals surface area contributed by atoms with E-state index in [4.69, 9.17) is 0 Å². The summed E-state index contributed by atoms with van der Waals surface area (Å²) in [6.45, 7) is 7.18. The third-order valence-corrected chi connectivity index (χ3v) is 3.29. The molecule has 2 heteroatoms. The molecule has 0 unspecified atom stereocenters. The molecule has 0 spiro atoms. The van der Waals surface area contributed by atoms with E-state index < -0.39 is 12.2 Å². The lowest BCUT2D eigenvalue weighted by molar-refractivity contribution is 0.0416. The summed E-state index contributed by atoms with van der Waals surface area (Å²) in [5, 5.41) is 18.8. The van der Waals surface area contributed by atoms with Crippen LogP contribution in [0.4, 0.5) is 0 Å². The van der Waals surface area contributed by atoms with Gasteiger partial charge in [-0.3, -0.25) is 0 Å². The van der Waals surface area contributed by atoms with Crippen LogP contribution in [0.5, 0.6) is 0 Å². The van der Waals surface area contributed by atoms with Crippen LogP contribution in [0, 0.1) is 0 Å². The van der Waals surface area contributed by atoms with Crippen LogP contribution >= 0.6 is 0 Å². The van der Waals surface area contributed by atoms with Gasteiger partial charge in [0.05, 0.1) is 12.2 Å². The van der Waals surface area contributed by atoms with Gasteiger partial charge in [0, 0.05) is 0 Å². The van der Waals surface area contributed by atoms with E-state index in [9.17, 15) is 10.2 Å². The highest BCUT2D eigenvalue weighted by Crippen LogP contribution is 2.12. The first-order valence-electron chi connectivity index (χ1n) is 7.32. The van der Waals surface area contributed by atoms with E-state index in [-0.39, 0.29) is 0 Å². The van der Waals surface area contributed by atoms with Gasteiger partial charge in [0.2, 0.25) is 0 Å². The Kier molecular flexibility index (Phi) is 12.4. The van der Waals surface area contributed by atoms with Crippen molar-refractivity contribution >= 4 is 0 Å². The highest BCUT2D eigenvalue weighted by Gasteiger charge is 2.11. The number of aliphatic hydroxyl groups excluding tert-OH is 2. The average molecular weight is 254 g/mol. The van der Waals surface area contributed by atoms with Crippen molar-refractivity contribution in [3.05, 3.63) is 25.3 Å². The third-order valence-electron chi connectivity index (χ3n) is 3.29. The molecular formula is C16H30O2. The monoisotopic (exact) mass is 254 g/mol. The van der Waals surface area contributed by atoms with Gasteiger partial charge in [-0.15, -0.1) is 13.2 Å². The van der Waals surface area contributed by atoms with Crippen LogP contribution in [0.3, 0.4) is 0 Å². The molecule has 0 heterocycles. The van der Waals surface area contributed by atoms with Gasteiger partial charge < -0.3 is 10.2 Å². The maximum atomic E-state index is 9.51. The van der Waals surface area contributed by atoms with E-state index in [1.165, 1.54) is 44.6 Å². The van der Waals surface area contributed by atoms with Crippen molar-refractivity contribution in [2.45, 2.75) is 76.4 Å². The van der Waals surface area contributed by atoms with Crippen molar-refractivity contribution in [2.75, 3.05) is 0 Å². The van der Waals surface area contributed by atoms with Crippen molar-refractivity contribution in [3.8, 4) is 0 Å². The Hall–Kier alpha value is -0.600. The maximum absolute atomic E-state index is 9.51. The fourth-order valence-corrected chi connectivity index (χ4v) is 2.03. The first-order chi connectivity index (χ1) is 8.72. The highest BCUT2D eigenvalue weighted by atomic mass is 16.3. The predicted molar refractivity (Wildman–Crippen MR) is 78.6 cm³/mol. The molecule has 0 bridgehead atoms. The Labute approximate surface area is 112 Å². The quantitative estimate of drug-likeness (QED) is 0.385. The van der Waals surface area contributed by atoms with E-state index in [2.05, 4.69) is 13.2 Å². The second-order valence-electron chi connectivity index (χ2n) is 4.99. The summed E-state index contributed by atoms with van der Waals surface area (Å²) in [6.07, 6.45) is 13.7. The lowest BCUT2D eigenvalue weighted by atomic mass is 10.0. The van der Waals surface area contributed by atoms with Gasteiger partial charge in [-0.25, -0.2) is 0 Å². The van der Waals surface area contributed by atoms with Crippen LogP contribution in [0.1, 0.15) is 64.2 Å². The van der Waals surface area contributed by atoms with Crippen LogP contribution in [0.15, 0.2) is 25.3 Å². The largest absolute Gasteiger partial charge is 0.390 e. The number of allylic oxidation sites excluding steroid dienone is 1. The first-order valence-corrected chi connectivity index (χ1v) is 7.32. The number of rotatable bonds is 13. The molecule has 0 aromatic carbocycles. The molecule has 0 aliphatic heterocycles. The fraction of sp³-hybridized carbons (Fsp3) is 0.750. The first kappa shape index (κ1) is 17.4. The maximum Gasteiger partial charge on any atom is 0.0977 e. The summed E-state index contributed by atoms with van der Waals surface area (Å²) in [5.74, 6) is 0. The lowest BCUT2D eigenvalue weighted by Gasteiger charge is -2.13. The molecule has 0 saturated heterocycles. The molecule has 0 aliphatic rings. The lowest BCUT2D eigenvalue weighted by Crippen LogP contribution is -2.23. The molecule has 0 saturated carbocycles. The minimum atomic E-state index is -0.769. The van der Waals surface area contributed by atoms with E-state index in [0.29, 0.717) is 6.42 Å². The average Bonchev–Trinajstić information content (AvgIpc) is 2.39. The molecule has 2 N–H and O–H groups in total. The Bertz CT molecular complexity index is 201. The number of hydrogen-bond acceptors (Lipinski definition) is 2. The Balaban J connectivity index is 3.16. The molecule has 2 atom stereocenters. The predicted octanol–water partition coefficient (Wildman–Crippen LogP) is 3.98. The molecule has 0 amide bonds. The minimum Gasteiger partial charge on any atom is -0.390 e.